The average Bonchev–Trinajstić information content (AvgIpc) is 2.64. The first-order valence-corrected chi connectivity index (χ1v) is 9.97. The zero-order valence-corrected chi connectivity index (χ0v) is 16.6. The van der Waals surface area contributed by atoms with Crippen molar-refractivity contribution in [1.29, 1.82) is 0 Å². The molecule has 11 heteroatoms. The number of sulfonamides is 1. The van der Waals surface area contributed by atoms with Crippen molar-refractivity contribution >= 4 is 27.3 Å². The predicted octanol–water partition coefficient (Wildman–Crippen LogP) is 3.13. The van der Waals surface area contributed by atoms with Gasteiger partial charge in [-0.15, -0.1) is 0 Å². The largest absolute Gasteiger partial charge is 0.493 e. The maximum Gasteiger partial charge on any atom is 0.416 e. The molecule has 2 aromatic rings. The highest BCUT2D eigenvalue weighted by atomic mass is 32.2. The molecule has 0 spiro atoms. The molecule has 0 fully saturated rings. The first-order valence-electron chi connectivity index (χ1n) is 8.12. The summed E-state index contributed by atoms with van der Waals surface area (Å²) in [6.07, 6.45) is -3.70. The van der Waals surface area contributed by atoms with Crippen molar-refractivity contribution in [1.82, 2.24) is 0 Å². The van der Waals surface area contributed by atoms with Crippen LogP contribution in [0.5, 0.6) is 11.5 Å². The highest BCUT2D eigenvalue weighted by Crippen LogP contribution is 2.31. The third kappa shape index (κ3) is 5.76. The fourth-order valence-electron chi connectivity index (χ4n) is 2.46. The van der Waals surface area contributed by atoms with Crippen LogP contribution in [-0.2, 0) is 21.0 Å². The molecule has 0 saturated heterocycles. The normalized spacial score (nSPS) is 11.7. The molecule has 0 aliphatic heterocycles. The van der Waals surface area contributed by atoms with Crippen LogP contribution in [-0.4, -0.2) is 41.3 Å². The molecular formula is C18H19F3N2O5S. The van der Waals surface area contributed by atoms with Gasteiger partial charge in [-0.05, 0) is 36.4 Å². The molecule has 0 atom stereocenters. The molecule has 0 aromatic heterocycles. The molecule has 0 bridgehead atoms. The van der Waals surface area contributed by atoms with Gasteiger partial charge < -0.3 is 14.8 Å². The summed E-state index contributed by atoms with van der Waals surface area (Å²) >= 11 is 0. The number of halogens is 3. The van der Waals surface area contributed by atoms with Crippen LogP contribution >= 0.6 is 0 Å². The maximum atomic E-state index is 12.7. The van der Waals surface area contributed by atoms with Gasteiger partial charge in [0, 0.05) is 11.8 Å². The fraction of sp³-hybridized carbons (Fsp3) is 0.278. The van der Waals surface area contributed by atoms with Crippen LogP contribution in [0.1, 0.15) is 5.56 Å². The monoisotopic (exact) mass is 432 g/mol. The summed E-state index contributed by atoms with van der Waals surface area (Å²) in [5.74, 6) is 0.101. The first kappa shape index (κ1) is 22.3. The van der Waals surface area contributed by atoms with E-state index in [9.17, 15) is 26.4 Å². The Hall–Kier alpha value is -2.95. The number of alkyl halides is 3. The van der Waals surface area contributed by atoms with Gasteiger partial charge in [-0.25, -0.2) is 8.42 Å². The van der Waals surface area contributed by atoms with Gasteiger partial charge in [-0.1, -0.05) is 0 Å². The van der Waals surface area contributed by atoms with Crippen LogP contribution in [0.4, 0.5) is 24.5 Å². The molecule has 158 valence electrons. The van der Waals surface area contributed by atoms with E-state index < -0.39 is 34.2 Å². The number of carbonyl (C=O) groups excluding carboxylic acids is 1. The maximum absolute atomic E-state index is 12.7. The molecule has 1 amide bonds. The van der Waals surface area contributed by atoms with Crippen LogP contribution in [0.25, 0.3) is 0 Å². The van der Waals surface area contributed by atoms with Crippen molar-refractivity contribution in [2.75, 3.05) is 36.6 Å². The number of ether oxygens (including phenoxy) is 2. The lowest BCUT2D eigenvalue weighted by atomic mass is 10.2. The molecule has 29 heavy (non-hydrogen) atoms. The second kappa shape index (κ2) is 8.60. The molecule has 0 aliphatic carbocycles. The minimum absolute atomic E-state index is 0.0667. The predicted molar refractivity (Wildman–Crippen MR) is 102 cm³/mol. The number of hydrogen-bond donors (Lipinski definition) is 1. The number of methoxy groups -OCH3 is 2. The molecule has 2 rings (SSSR count). The summed E-state index contributed by atoms with van der Waals surface area (Å²) in [6, 6.07) is 8.06. The quantitative estimate of drug-likeness (QED) is 0.727. The van der Waals surface area contributed by atoms with Crippen molar-refractivity contribution in [2.24, 2.45) is 0 Å². The van der Waals surface area contributed by atoms with Crippen molar-refractivity contribution in [3.05, 3.63) is 48.0 Å². The van der Waals surface area contributed by atoms with Crippen LogP contribution in [0.15, 0.2) is 42.5 Å². The van der Waals surface area contributed by atoms with Gasteiger partial charge in [0.1, 0.15) is 6.54 Å². The first-order chi connectivity index (χ1) is 13.5. The van der Waals surface area contributed by atoms with Gasteiger partial charge in [0.2, 0.25) is 15.9 Å². The zero-order chi connectivity index (χ0) is 21.8. The summed E-state index contributed by atoms with van der Waals surface area (Å²) in [6.45, 7) is -0.626. The van der Waals surface area contributed by atoms with E-state index in [2.05, 4.69) is 5.32 Å². The SMILES string of the molecule is COc1ccc(NC(=O)CN(c2ccc(C(F)(F)F)cc2)S(C)(=O)=O)cc1OC. The number of amides is 1. The molecule has 0 saturated carbocycles. The van der Waals surface area contributed by atoms with E-state index >= 15 is 0 Å². The van der Waals surface area contributed by atoms with Crippen molar-refractivity contribution in [2.45, 2.75) is 6.18 Å². The Bertz CT molecular complexity index is 976. The highest BCUT2D eigenvalue weighted by Gasteiger charge is 2.31. The Morgan fingerprint density at radius 3 is 2.10 bits per heavy atom. The highest BCUT2D eigenvalue weighted by molar-refractivity contribution is 7.92. The lowest BCUT2D eigenvalue weighted by molar-refractivity contribution is -0.137. The number of benzene rings is 2. The van der Waals surface area contributed by atoms with Crippen LogP contribution < -0.4 is 19.1 Å². The minimum Gasteiger partial charge on any atom is -0.493 e. The Morgan fingerprint density at radius 2 is 1.62 bits per heavy atom. The minimum atomic E-state index is -4.56. The number of nitrogens with one attached hydrogen (secondary N) is 1. The third-order valence-corrected chi connectivity index (χ3v) is 4.98. The fourth-order valence-corrected chi connectivity index (χ4v) is 3.32. The number of carbonyl (C=O) groups is 1. The number of nitrogens with zero attached hydrogens (tertiary/aromatic N) is 1. The Kier molecular flexibility index (Phi) is 6.62. The second-order valence-electron chi connectivity index (χ2n) is 5.93. The smallest absolute Gasteiger partial charge is 0.416 e. The molecule has 7 nitrogen and oxygen atoms in total. The molecule has 0 heterocycles. The molecule has 1 N–H and O–H groups in total. The Morgan fingerprint density at radius 1 is 1.03 bits per heavy atom. The summed E-state index contributed by atoms with van der Waals surface area (Å²) < 4.78 is 73.2. The Balaban J connectivity index is 2.22. The second-order valence-corrected chi connectivity index (χ2v) is 7.84. The van der Waals surface area contributed by atoms with E-state index in [-0.39, 0.29) is 5.69 Å². The number of anilines is 2. The molecule has 0 unspecified atom stereocenters. The van der Waals surface area contributed by atoms with Gasteiger partial charge in [0.25, 0.3) is 0 Å². The molecule has 0 aliphatic rings. The van der Waals surface area contributed by atoms with E-state index in [4.69, 9.17) is 9.47 Å². The van der Waals surface area contributed by atoms with Gasteiger partial charge in [0.15, 0.2) is 11.5 Å². The van der Waals surface area contributed by atoms with Crippen molar-refractivity contribution in [3.8, 4) is 11.5 Å². The number of rotatable bonds is 7. The summed E-state index contributed by atoms with van der Waals surface area (Å²) in [4.78, 5) is 12.4. The van der Waals surface area contributed by atoms with E-state index in [0.717, 1.165) is 30.5 Å². The van der Waals surface area contributed by atoms with E-state index in [1.165, 1.54) is 26.4 Å². The Labute approximate surface area is 166 Å². The summed E-state index contributed by atoms with van der Waals surface area (Å²) in [5.41, 5.74) is -0.666. The van der Waals surface area contributed by atoms with Crippen LogP contribution in [0, 0.1) is 0 Å². The third-order valence-electron chi connectivity index (χ3n) is 3.84. The van der Waals surface area contributed by atoms with Crippen molar-refractivity contribution in [3.63, 3.8) is 0 Å². The van der Waals surface area contributed by atoms with Crippen molar-refractivity contribution < 1.29 is 35.9 Å². The van der Waals surface area contributed by atoms with Gasteiger partial charge in [0.05, 0.1) is 31.7 Å². The molecule has 2 aromatic carbocycles. The lowest BCUT2D eigenvalue weighted by Gasteiger charge is -2.22. The van der Waals surface area contributed by atoms with Gasteiger partial charge in [-0.2, -0.15) is 13.2 Å². The number of hydrogen-bond acceptors (Lipinski definition) is 5. The molecular weight excluding hydrogens is 413 g/mol. The zero-order valence-electron chi connectivity index (χ0n) is 15.8. The van der Waals surface area contributed by atoms with E-state index in [0.29, 0.717) is 21.5 Å². The van der Waals surface area contributed by atoms with Crippen LogP contribution in [0.3, 0.4) is 0 Å². The average molecular weight is 432 g/mol. The van der Waals surface area contributed by atoms with E-state index in [1.807, 2.05) is 0 Å². The van der Waals surface area contributed by atoms with Gasteiger partial charge >= 0.3 is 6.18 Å². The molecule has 0 radical (unpaired) electrons. The summed E-state index contributed by atoms with van der Waals surface area (Å²) in [5, 5.41) is 2.52. The summed E-state index contributed by atoms with van der Waals surface area (Å²) in [7, 11) is -1.07. The standard InChI is InChI=1S/C18H19F3N2O5S/c1-27-15-9-6-13(10-16(15)28-2)22-17(24)11-23(29(3,25)26)14-7-4-12(5-8-14)18(19,20)21/h4-10H,11H2,1-3H3,(H,22,24). The topological polar surface area (TPSA) is 84.9 Å². The van der Waals surface area contributed by atoms with Crippen LogP contribution in [0.2, 0.25) is 0 Å². The van der Waals surface area contributed by atoms with E-state index in [1.54, 1.807) is 6.07 Å². The lowest BCUT2D eigenvalue weighted by Crippen LogP contribution is -2.37. The van der Waals surface area contributed by atoms with Gasteiger partial charge in [-0.3, -0.25) is 9.10 Å².